The fraction of sp³-hybridized carbons (Fsp3) is 0.136. The lowest BCUT2D eigenvalue weighted by Gasteiger charge is -2.16. The number of hydrogen-bond donors (Lipinski definition) is 1. The molecular formula is C22H19N5O2. The van der Waals surface area contributed by atoms with Gasteiger partial charge in [-0.1, -0.05) is 30.3 Å². The standard InChI is InChI=1S/C22H19N5O2/c1-3-27-22(29)21(25-17-13-23-12-16-10-7-11-24-19(16)17)18(14(2)28)20(26-27)15-8-5-4-6-9-15/h4-13,25H,3H2,1-2H3. The molecule has 3 aromatic heterocycles. The summed E-state index contributed by atoms with van der Waals surface area (Å²) in [5.41, 5.74) is 2.49. The van der Waals surface area contributed by atoms with Crippen LogP contribution in [-0.2, 0) is 6.54 Å². The molecule has 0 fully saturated rings. The first-order valence-electron chi connectivity index (χ1n) is 9.27. The van der Waals surface area contributed by atoms with E-state index in [1.807, 2.05) is 49.4 Å². The molecule has 0 unspecified atom stereocenters. The van der Waals surface area contributed by atoms with Crippen molar-refractivity contribution in [3.63, 3.8) is 0 Å². The smallest absolute Gasteiger partial charge is 0.291 e. The molecule has 0 saturated carbocycles. The van der Waals surface area contributed by atoms with E-state index in [2.05, 4.69) is 20.4 Å². The highest BCUT2D eigenvalue weighted by molar-refractivity contribution is 6.06. The lowest BCUT2D eigenvalue weighted by Crippen LogP contribution is -2.28. The van der Waals surface area contributed by atoms with E-state index in [0.29, 0.717) is 23.4 Å². The zero-order chi connectivity index (χ0) is 20.4. The molecule has 0 spiro atoms. The van der Waals surface area contributed by atoms with Gasteiger partial charge in [-0.2, -0.15) is 5.10 Å². The summed E-state index contributed by atoms with van der Waals surface area (Å²) in [6, 6.07) is 13.1. The normalized spacial score (nSPS) is 10.8. The van der Waals surface area contributed by atoms with Crippen LogP contribution >= 0.6 is 0 Å². The first-order chi connectivity index (χ1) is 14.1. The average Bonchev–Trinajstić information content (AvgIpc) is 2.75. The minimum absolute atomic E-state index is 0.174. The molecule has 3 heterocycles. The number of benzene rings is 1. The molecule has 0 aliphatic rings. The lowest BCUT2D eigenvalue weighted by molar-refractivity contribution is 0.101. The second-order valence-corrected chi connectivity index (χ2v) is 6.53. The average molecular weight is 385 g/mol. The van der Waals surface area contributed by atoms with Gasteiger partial charge in [-0.05, 0) is 26.0 Å². The van der Waals surface area contributed by atoms with Crippen LogP contribution in [0.3, 0.4) is 0 Å². The van der Waals surface area contributed by atoms with Crippen LogP contribution in [0, 0.1) is 0 Å². The Kier molecular flexibility index (Phi) is 4.87. The van der Waals surface area contributed by atoms with Gasteiger partial charge in [0.25, 0.3) is 5.56 Å². The van der Waals surface area contributed by atoms with Crippen molar-refractivity contribution in [3.8, 4) is 11.3 Å². The first kappa shape index (κ1) is 18.5. The molecule has 7 heteroatoms. The Morgan fingerprint density at radius 3 is 2.62 bits per heavy atom. The third-order valence-corrected chi connectivity index (χ3v) is 4.63. The Morgan fingerprint density at radius 2 is 1.90 bits per heavy atom. The number of hydrogen-bond acceptors (Lipinski definition) is 6. The summed E-state index contributed by atoms with van der Waals surface area (Å²) >= 11 is 0. The van der Waals surface area contributed by atoms with Gasteiger partial charge in [0.2, 0.25) is 0 Å². The maximum atomic E-state index is 13.1. The summed E-state index contributed by atoms with van der Waals surface area (Å²) in [4.78, 5) is 34.3. The third kappa shape index (κ3) is 3.38. The van der Waals surface area contributed by atoms with Crippen molar-refractivity contribution in [1.82, 2.24) is 19.7 Å². The van der Waals surface area contributed by atoms with Gasteiger partial charge >= 0.3 is 0 Å². The van der Waals surface area contributed by atoms with Crippen LogP contribution in [-0.4, -0.2) is 25.5 Å². The van der Waals surface area contributed by atoms with E-state index in [9.17, 15) is 9.59 Å². The zero-order valence-corrected chi connectivity index (χ0v) is 16.1. The minimum Gasteiger partial charge on any atom is -0.347 e. The van der Waals surface area contributed by atoms with E-state index in [1.54, 1.807) is 18.6 Å². The molecule has 0 atom stereocenters. The number of aromatic nitrogens is 4. The fourth-order valence-electron chi connectivity index (χ4n) is 3.27. The Bertz CT molecular complexity index is 1260. The number of aryl methyl sites for hydroxylation is 1. The van der Waals surface area contributed by atoms with Gasteiger partial charge in [-0.3, -0.25) is 19.6 Å². The van der Waals surface area contributed by atoms with Crippen LogP contribution in [0.15, 0.2) is 65.8 Å². The predicted octanol–water partition coefficient (Wildman–Crippen LogP) is 3.82. The summed E-state index contributed by atoms with van der Waals surface area (Å²) in [5.74, 6) is -0.250. The fourth-order valence-corrected chi connectivity index (χ4v) is 3.27. The Balaban J connectivity index is 1.99. The molecule has 29 heavy (non-hydrogen) atoms. The highest BCUT2D eigenvalue weighted by Gasteiger charge is 2.22. The highest BCUT2D eigenvalue weighted by atomic mass is 16.1. The molecular weight excluding hydrogens is 366 g/mol. The summed E-state index contributed by atoms with van der Waals surface area (Å²) in [6.07, 6.45) is 4.97. The number of carbonyl (C=O) groups excluding carboxylic acids is 1. The van der Waals surface area contributed by atoms with Crippen LogP contribution in [0.2, 0.25) is 0 Å². The van der Waals surface area contributed by atoms with Crippen molar-refractivity contribution in [2.75, 3.05) is 5.32 Å². The number of rotatable bonds is 5. The Labute approximate surface area is 167 Å². The summed E-state index contributed by atoms with van der Waals surface area (Å²) < 4.78 is 1.35. The second kappa shape index (κ2) is 7.63. The van der Waals surface area contributed by atoms with E-state index in [0.717, 1.165) is 10.9 Å². The van der Waals surface area contributed by atoms with Crippen LogP contribution in [0.25, 0.3) is 22.2 Å². The molecule has 4 rings (SSSR count). The quantitative estimate of drug-likeness (QED) is 0.525. The van der Waals surface area contributed by atoms with Gasteiger partial charge in [-0.25, -0.2) is 4.68 Å². The Morgan fingerprint density at radius 1 is 1.10 bits per heavy atom. The number of nitrogens with one attached hydrogen (secondary N) is 1. The van der Waals surface area contributed by atoms with Gasteiger partial charge in [-0.15, -0.1) is 0 Å². The number of pyridine rings is 2. The van der Waals surface area contributed by atoms with Gasteiger partial charge in [0.1, 0.15) is 11.4 Å². The molecule has 0 aliphatic carbocycles. The number of carbonyl (C=O) groups is 1. The van der Waals surface area contributed by atoms with Crippen molar-refractivity contribution in [2.24, 2.45) is 0 Å². The second-order valence-electron chi connectivity index (χ2n) is 6.53. The van der Waals surface area contributed by atoms with E-state index in [-0.39, 0.29) is 22.6 Å². The van der Waals surface area contributed by atoms with Crippen LogP contribution in [0.4, 0.5) is 11.4 Å². The predicted molar refractivity (Wildman–Crippen MR) is 112 cm³/mol. The third-order valence-electron chi connectivity index (χ3n) is 4.63. The van der Waals surface area contributed by atoms with Crippen molar-refractivity contribution in [3.05, 3.63) is 77.0 Å². The molecule has 1 aromatic carbocycles. The van der Waals surface area contributed by atoms with Crippen LogP contribution in [0.1, 0.15) is 24.2 Å². The van der Waals surface area contributed by atoms with Gasteiger partial charge in [0.05, 0.1) is 23.0 Å². The number of ketones is 1. The van der Waals surface area contributed by atoms with E-state index >= 15 is 0 Å². The minimum atomic E-state index is -0.370. The molecule has 7 nitrogen and oxygen atoms in total. The number of anilines is 2. The maximum absolute atomic E-state index is 13.1. The number of Topliss-reactive ketones (excluding diaryl/α,β-unsaturated/α-hetero) is 1. The van der Waals surface area contributed by atoms with Crippen molar-refractivity contribution >= 4 is 28.1 Å². The van der Waals surface area contributed by atoms with E-state index in [4.69, 9.17) is 0 Å². The van der Waals surface area contributed by atoms with Crippen LogP contribution < -0.4 is 10.9 Å². The SMILES string of the molecule is CCn1nc(-c2ccccc2)c(C(C)=O)c(Nc2cncc3cccnc23)c1=O. The van der Waals surface area contributed by atoms with Crippen LogP contribution in [0.5, 0.6) is 0 Å². The summed E-state index contributed by atoms with van der Waals surface area (Å²) in [7, 11) is 0. The number of fused-ring (bicyclic) bond motifs is 1. The van der Waals surface area contributed by atoms with Gasteiger partial charge in [0.15, 0.2) is 5.78 Å². The molecule has 4 aromatic rings. The molecule has 144 valence electrons. The van der Waals surface area contributed by atoms with Gasteiger partial charge in [0, 0.05) is 29.9 Å². The molecule has 0 saturated heterocycles. The van der Waals surface area contributed by atoms with Crippen molar-refractivity contribution < 1.29 is 4.79 Å². The van der Waals surface area contributed by atoms with Crippen molar-refractivity contribution in [2.45, 2.75) is 20.4 Å². The lowest BCUT2D eigenvalue weighted by atomic mass is 10.0. The molecule has 0 radical (unpaired) electrons. The monoisotopic (exact) mass is 385 g/mol. The van der Waals surface area contributed by atoms with E-state index < -0.39 is 0 Å². The molecule has 0 bridgehead atoms. The summed E-state index contributed by atoms with van der Waals surface area (Å²) in [5, 5.41) is 8.42. The Hall–Kier alpha value is -3.87. The molecule has 0 amide bonds. The highest BCUT2D eigenvalue weighted by Crippen LogP contribution is 2.29. The number of nitrogens with zero attached hydrogens (tertiary/aromatic N) is 4. The van der Waals surface area contributed by atoms with Gasteiger partial charge < -0.3 is 5.32 Å². The van der Waals surface area contributed by atoms with E-state index in [1.165, 1.54) is 11.6 Å². The van der Waals surface area contributed by atoms with Crippen molar-refractivity contribution in [1.29, 1.82) is 0 Å². The molecule has 1 N–H and O–H groups in total. The zero-order valence-electron chi connectivity index (χ0n) is 16.1. The topological polar surface area (TPSA) is 89.8 Å². The first-order valence-corrected chi connectivity index (χ1v) is 9.27. The summed E-state index contributed by atoms with van der Waals surface area (Å²) in [6.45, 7) is 3.64. The largest absolute Gasteiger partial charge is 0.347 e. The maximum Gasteiger partial charge on any atom is 0.291 e. The molecule has 0 aliphatic heterocycles.